The normalized spacial score (nSPS) is 14.2. The van der Waals surface area contributed by atoms with Gasteiger partial charge >= 0.3 is 0 Å². The van der Waals surface area contributed by atoms with E-state index >= 15 is 0 Å². The average molecular weight is 307 g/mol. The molecule has 0 saturated carbocycles. The molecule has 3 heteroatoms. The summed E-state index contributed by atoms with van der Waals surface area (Å²) in [4.78, 5) is 0. The van der Waals surface area contributed by atoms with Crippen LogP contribution in [0.4, 0.5) is 4.39 Å². The lowest BCUT2D eigenvalue weighted by molar-refractivity contribution is 0.0980. The van der Waals surface area contributed by atoms with E-state index in [0.29, 0.717) is 11.5 Å². The minimum Gasteiger partial charge on any atom is -0.381 e. The van der Waals surface area contributed by atoms with E-state index in [0.717, 1.165) is 6.42 Å². The fourth-order valence-electron chi connectivity index (χ4n) is 2.54. The maximum atomic E-state index is 14.0. The van der Waals surface area contributed by atoms with Gasteiger partial charge in [0.1, 0.15) is 11.4 Å². The largest absolute Gasteiger partial charge is 0.381 e. The zero-order valence-electron chi connectivity index (χ0n) is 12.5. The van der Waals surface area contributed by atoms with E-state index in [-0.39, 0.29) is 10.6 Å². The Kier molecular flexibility index (Phi) is 4.70. The highest BCUT2D eigenvalue weighted by Crippen LogP contribution is 2.35. The molecule has 1 unspecified atom stereocenters. The zero-order valence-corrected chi connectivity index (χ0v) is 13.3. The predicted octanol–water partition coefficient (Wildman–Crippen LogP) is 4.93. The maximum absolute atomic E-state index is 14.0. The smallest absolute Gasteiger partial charge is 0.131 e. The molecule has 0 amide bonds. The Morgan fingerprint density at radius 1 is 1.14 bits per heavy atom. The molecule has 0 fully saturated rings. The molecule has 2 rings (SSSR count). The fourth-order valence-corrected chi connectivity index (χ4v) is 2.89. The minimum atomic E-state index is -1.46. The third-order valence-corrected chi connectivity index (χ3v) is 3.92. The molecule has 112 valence electrons. The molecular formula is C18H20ClFO. The summed E-state index contributed by atoms with van der Waals surface area (Å²) >= 11 is 6.06. The molecular weight excluding hydrogens is 287 g/mol. The first-order valence-corrected chi connectivity index (χ1v) is 7.46. The van der Waals surface area contributed by atoms with Gasteiger partial charge in [-0.3, -0.25) is 0 Å². The van der Waals surface area contributed by atoms with E-state index in [4.69, 9.17) is 11.6 Å². The number of aliphatic hydroxyl groups is 1. The van der Waals surface area contributed by atoms with Gasteiger partial charge in [-0.25, -0.2) is 4.39 Å². The molecule has 0 saturated heterocycles. The zero-order chi connectivity index (χ0) is 15.6. The first-order valence-electron chi connectivity index (χ1n) is 7.08. The van der Waals surface area contributed by atoms with Crippen LogP contribution in [-0.2, 0) is 12.0 Å². The SMILES string of the molecule is CC(C)Cc1ccc(C(C)(O)c2c(F)cccc2Cl)cc1. The molecule has 1 atom stereocenters. The molecule has 0 heterocycles. The molecule has 0 radical (unpaired) electrons. The van der Waals surface area contributed by atoms with Gasteiger partial charge in [-0.2, -0.15) is 0 Å². The summed E-state index contributed by atoms with van der Waals surface area (Å²) in [6, 6.07) is 12.0. The van der Waals surface area contributed by atoms with Gasteiger partial charge in [-0.05, 0) is 42.5 Å². The van der Waals surface area contributed by atoms with Crippen LogP contribution in [0.2, 0.25) is 5.02 Å². The second-order valence-electron chi connectivity index (χ2n) is 5.96. The molecule has 0 aliphatic rings. The number of hydrogen-bond donors (Lipinski definition) is 1. The standard InChI is InChI=1S/C18H20ClFO/c1-12(2)11-13-7-9-14(10-8-13)18(3,21)17-15(19)5-4-6-16(17)20/h4-10,12,21H,11H2,1-3H3. The van der Waals surface area contributed by atoms with E-state index in [1.165, 1.54) is 17.7 Å². The molecule has 2 aromatic carbocycles. The Morgan fingerprint density at radius 2 is 1.76 bits per heavy atom. The fraction of sp³-hybridized carbons (Fsp3) is 0.333. The highest BCUT2D eigenvalue weighted by Gasteiger charge is 2.31. The van der Waals surface area contributed by atoms with Gasteiger partial charge in [-0.15, -0.1) is 0 Å². The summed E-state index contributed by atoms with van der Waals surface area (Å²) in [7, 11) is 0. The van der Waals surface area contributed by atoms with Gasteiger partial charge in [0.05, 0.1) is 0 Å². The second kappa shape index (κ2) is 6.17. The van der Waals surface area contributed by atoms with Crippen molar-refractivity contribution in [2.45, 2.75) is 32.8 Å². The lowest BCUT2D eigenvalue weighted by atomic mass is 9.87. The Morgan fingerprint density at radius 3 is 2.29 bits per heavy atom. The van der Waals surface area contributed by atoms with Gasteiger partial charge in [0.15, 0.2) is 0 Å². The van der Waals surface area contributed by atoms with Crippen LogP contribution in [0.15, 0.2) is 42.5 Å². The summed E-state index contributed by atoms with van der Waals surface area (Å²) < 4.78 is 14.0. The lowest BCUT2D eigenvalue weighted by Crippen LogP contribution is -2.25. The van der Waals surface area contributed by atoms with E-state index in [9.17, 15) is 9.50 Å². The Balaban J connectivity index is 2.39. The van der Waals surface area contributed by atoms with E-state index in [1.807, 2.05) is 24.3 Å². The lowest BCUT2D eigenvalue weighted by Gasteiger charge is -2.26. The van der Waals surface area contributed by atoms with Crippen molar-refractivity contribution in [3.8, 4) is 0 Å². The molecule has 0 bridgehead atoms. The summed E-state index contributed by atoms with van der Waals surface area (Å²) in [6.45, 7) is 5.88. The van der Waals surface area contributed by atoms with Crippen LogP contribution < -0.4 is 0 Å². The summed E-state index contributed by atoms with van der Waals surface area (Å²) in [6.07, 6.45) is 0.975. The quantitative estimate of drug-likeness (QED) is 0.849. The van der Waals surface area contributed by atoms with Gasteiger partial charge in [-0.1, -0.05) is 55.8 Å². The third-order valence-electron chi connectivity index (χ3n) is 3.61. The molecule has 0 aromatic heterocycles. The molecule has 0 spiro atoms. The monoisotopic (exact) mass is 306 g/mol. The van der Waals surface area contributed by atoms with Crippen molar-refractivity contribution in [1.82, 2.24) is 0 Å². The molecule has 0 aliphatic heterocycles. The van der Waals surface area contributed by atoms with Crippen LogP contribution in [0.5, 0.6) is 0 Å². The first-order chi connectivity index (χ1) is 9.82. The molecule has 0 aliphatic carbocycles. The Bertz CT molecular complexity index is 597. The van der Waals surface area contributed by atoms with Crippen LogP contribution in [0.1, 0.15) is 37.5 Å². The van der Waals surface area contributed by atoms with Crippen molar-refractivity contribution in [3.63, 3.8) is 0 Å². The van der Waals surface area contributed by atoms with Gasteiger partial charge in [0.2, 0.25) is 0 Å². The first kappa shape index (κ1) is 16.0. The average Bonchev–Trinajstić information content (AvgIpc) is 2.38. The van der Waals surface area contributed by atoms with Crippen LogP contribution in [0.3, 0.4) is 0 Å². The second-order valence-corrected chi connectivity index (χ2v) is 6.37. The van der Waals surface area contributed by atoms with Gasteiger partial charge in [0.25, 0.3) is 0 Å². The van der Waals surface area contributed by atoms with Gasteiger partial charge < -0.3 is 5.11 Å². The predicted molar refractivity (Wildman–Crippen MR) is 85.1 cm³/mol. The number of halogens is 2. The highest BCUT2D eigenvalue weighted by atomic mass is 35.5. The highest BCUT2D eigenvalue weighted by molar-refractivity contribution is 6.31. The minimum absolute atomic E-state index is 0.114. The van der Waals surface area contributed by atoms with Crippen molar-refractivity contribution < 1.29 is 9.50 Å². The van der Waals surface area contributed by atoms with Crippen LogP contribution >= 0.6 is 11.6 Å². The summed E-state index contributed by atoms with van der Waals surface area (Å²) in [5, 5.41) is 11.0. The van der Waals surface area contributed by atoms with Crippen molar-refractivity contribution in [2.75, 3.05) is 0 Å². The van der Waals surface area contributed by atoms with E-state index in [1.54, 1.807) is 13.0 Å². The van der Waals surface area contributed by atoms with E-state index < -0.39 is 11.4 Å². The van der Waals surface area contributed by atoms with Crippen molar-refractivity contribution >= 4 is 11.6 Å². The number of benzene rings is 2. The number of hydrogen-bond acceptors (Lipinski definition) is 1. The molecule has 21 heavy (non-hydrogen) atoms. The maximum Gasteiger partial charge on any atom is 0.131 e. The van der Waals surface area contributed by atoms with Crippen LogP contribution in [-0.4, -0.2) is 5.11 Å². The number of rotatable bonds is 4. The van der Waals surface area contributed by atoms with Gasteiger partial charge in [0, 0.05) is 10.6 Å². The Labute approximate surface area is 130 Å². The molecule has 1 N–H and O–H groups in total. The van der Waals surface area contributed by atoms with E-state index in [2.05, 4.69) is 13.8 Å². The van der Waals surface area contributed by atoms with Crippen LogP contribution in [0, 0.1) is 11.7 Å². The topological polar surface area (TPSA) is 20.2 Å². The Hall–Kier alpha value is -1.38. The molecule has 1 nitrogen and oxygen atoms in total. The van der Waals surface area contributed by atoms with Crippen molar-refractivity contribution in [2.24, 2.45) is 5.92 Å². The molecule has 2 aromatic rings. The van der Waals surface area contributed by atoms with Crippen LogP contribution in [0.25, 0.3) is 0 Å². The summed E-state index contributed by atoms with van der Waals surface area (Å²) in [5.41, 5.74) is 0.480. The van der Waals surface area contributed by atoms with Crippen molar-refractivity contribution in [3.05, 3.63) is 70.0 Å². The third kappa shape index (κ3) is 3.45. The van der Waals surface area contributed by atoms with Crippen molar-refractivity contribution in [1.29, 1.82) is 0 Å². The summed E-state index contributed by atoms with van der Waals surface area (Å²) in [5.74, 6) is 0.0659.